The van der Waals surface area contributed by atoms with Crippen LogP contribution in [0.2, 0.25) is 0 Å². The summed E-state index contributed by atoms with van der Waals surface area (Å²) in [6, 6.07) is 27.0. The minimum Gasteiger partial charge on any atom is -0.272 e. The largest absolute Gasteiger partial charge is 0.275 e. The first kappa shape index (κ1) is 16.9. The minimum absolute atomic E-state index is 0.151. The van der Waals surface area contributed by atoms with Crippen LogP contribution in [0.1, 0.15) is 39.0 Å². The zero-order valence-electron chi connectivity index (χ0n) is 15.4. The minimum atomic E-state index is -0.393. The van der Waals surface area contributed by atoms with Gasteiger partial charge in [0.1, 0.15) is 0 Å². The second-order valence-corrected chi connectivity index (χ2v) is 7.27. The Morgan fingerprint density at radius 3 is 2.21 bits per heavy atom. The molecule has 0 aromatic heterocycles. The molecule has 0 bridgehead atoms. The number of hydrogen-bond donors (Lipinski definition) is 0. The maximum absolute atomic E-state index is 13.6. The summed E-state index contributed by atoms with van der Waals surface area (Å²) in [6.45, 7) is 0.648. The molecule has 2 unspecified atom stereocenters. The lowest BCUT2D eigenvalue weighted by atomic mass is 9.83. The molecule has 3 aromatic rings. The molecule has 0 spiro atoms. The van der Waals surface area contributed by atoms with Gasteiger partial charge in [-0.3, -0.25) is 9.59 Å². The number of carbonyl (C=O) groups is 2. The molecule has 2 amide bonds. The first-order valence-corrected chi connectivity index (χ1v) is 9.58. The quantitative estimate of drug-likeness (QED) is 0.643. The van der Waals surface area contributed by atoms with E-state index in [-0.39, 0.29) is 17.9 Å². The number of rotatable bonds is 2. The van der Waals surface area contributed by atoms with Crippen LogP contribution < -0.4 is 0 Å². The number of amides is 2. The van der Waals surface area contributed by atoms with Crippen LogP contribution in [0.15, 0.2) is 84.9 Å². The van der Waals surface area contributed by atoms with Crippen molar-refractivity contribution in [1.82, 2.24) is 10.0 Å². The molecule has 0 saturated carbocycles. The van der Waals surface area contributed by atoms with Crippen LogP contribution in [0.5, 0.6) is 0 Å². The first-order valence-electron chi connectivity index (χ1n) is 9.58. The van der Waals surface area contributed by atoms with Crippen molar-refractivity contribution >= 4 is 11.8 Å². The Kier molecular flexibility index (Phi) is 4.06. The molecule has 28 heavy (non-hydrogen) atoms. The molecule has 2 heterocycles. The molecule has 138 valence electrons. The highest BCUT2D eigenvalue weighted by atomic mass is 16.2. The Balaban J connectivity index is 1.64. The monoisotopic (exact) mass is 368 g/mol. The van der Waals surface area contributed by atoms with Gasteiger partial charge in [0.05, 0.1) is 12.0 Å². The summed E-state index contributed by atoms with van der Waals surface area (Å²) in [6.07, 6.45) is 0.819. The van der Waals surface area contributed by atoms with E-state index in [0.717, 1.165) is 17.5 Å². The van der Waals surface area contributed by atoms with E-state index in [1.54, 1.807) is 12.1 Å². The van der Waals surface area contributed by atoms with Crippen molar-refractivity contribution in [1.29, 1.82) is 0 Å². The summed E-state index contributed by atoms with van der Waals surface area (Å²) in [7, 11) is 0. The second-order valence-electron chi connectivity index (χ2n) is 7.27. The molecule has 4 nitrogen and oxygen atoms in total. The highest BCUT2D eigenvalue weighted by molar-refractivity contribution is 6.07. The van der Waals surface area contributed by atoms with E-state index in [2.05, 4.69) is 12.1 Å². The van der Waals surface area contributed by atoms with Crippen molar-refractivity contribution in [3.05, 3.63) is 107 Å². The van der Waals surface area contributed by atoms with Gasteiger partial charge in [0, 0.05) is 12.1 Å². The van der Waals surface area contributed by atoms with Crippen molar-refractivity contribution < 1.29 is 9.59 Å². The van der Waals surface area contributed by atoms with Crippen LogP contribution in [0.25, 0.3) is 0 Å². The third-order valence-corrected chi connectivity index (χ3v) is 5.72. The summed E-state index contributed by atoms with van der Waals surface area (Å²) in [4.78, 5) is 26.8. The van der Waals surface area contributed by atoms with Crippen molar-refractivity contribution in [3.63, 3.8) is 0 Å². The molecule has 2 aliphatic heterocycles. The summed E-state index contributed by atoms with van der Waals surface area (Å²) in [5, 5.41) is 3.35. The number of imide groups is 1. The number of fused-ring (bicyclic) bond motifs is 3. The molecule has 2 atom stereocenters. The molecule has 0 aliphatic carbocycles. The number of benzene rings is 3. The summed E-state index contributed by atoms with van der Waals surface area (Å²) in [5.74, 6) is -0.800. The smallest absolute Gasteiger partial charge is 0.272 e. The topological polar surface area (TPSA) is 40.6 Å². The predicted molar refractivity (Wildman–Crippen MR) is 106 cm³/mol. The fourth-order valence-electron chi connectivity index (χ4n) is 4.46. The standard InChI is InChI=1S/C24H20N2O2/c27-23(19-12-5-2-6-13-19)26-24(28)21(18-10-3-1-4-11-18)22-20-14-8-7-9-17(20)15-16-25(22)26/h1-14,21-22H,15-16H2. The van der Waals surface area contributed by atoms with Gasteiger partial charge in [-0.15, -0.1) is 0 Å². The van der Waals surface area contributed by atoms with Crippen LogP contribution in [0.3, 0.4) is 0 Å². The zero-order valence-corrected chi connectivity index (χ0v) is 15.4. The molecule has 1 fully saturated rings. The van der Waals surface area contributed by atoms with Crippen LogP contribution in [0.4, 0.5) is 0 Å². The maximum Gasteiger partial charge on any atom is 0.275 e. The van der Waals surface area contributed by atoms with Gasteiger partial charge in [0.15, 0.2) is 0 Å². The highest BCUT2D eigenvalue weighted by Crippen LogP contribution is 2.47. The Bertz CT molecular complexity index is 1030. The van der Waals surface area contributed by atoms with Crippen LogP contribution in [-0.2, 0) is 11.2 Å². The Morgan fingerprint density at radius 2 is 1.46 bits per heavy atom. The lowest BCUT2D eigenvalue weighted by Gasteiger charge is -2.36. The summed E-state index contributed by atoms with van der Waals surface area (Å²) >= 11 is 0. The Hall–Kier alpha value is -3.24. The SMILES string of the molecule is O=C(c1ccccc1)N1C(=O)C(c2ccccc2)C2c3ccccc3CCN21. The number of nitrogens with zero attached hydrogens (tertiary/aromatic N) is 2. The Labute approximate surface area is 164 Å². The summed E-state index contributed by atoms with van der Waals surface area (Å²) < 4.78 is 0. The number of hydrazine groups is 1. The van der Waals surface area contributed by atoms with E-state index >= 15 is 0 Å². The van der Waals surface area contributed by atoms with Crippen LogP contribution >= 0.6 is 0 Å². The molecular formula is C24H20N2O2. The first-order chi connectivity index (χ1) is 13.8. The van der Waals surface area contributed by atoms with Gasteiger partial charge in [0.25, 0.3) is 11.8 Å². The van der Waals surface area contributed by atoms with Crippen molar-refractivity contribution in [2.24, 2.45) is 0 Å². The number of carbonyl (C=O) groups excluding carboxylic acids is 2. The fraction of sp³-hybridized carbons (Fsp3) is 0.167. The van der Waals surface area contributed by atoms with E-state index in [0.29, 0.717) is 12.1 Å². The van der Waals surface area contributed by atoms with Crippen LogP contribution in [0, 0.1) is 0 Å². The third-order valence-electron chi connectivity index (χ3n) is 5.72. The lowest BCUT2D eigenvalue weighted by molar-refractivity contribution is -0.134. The molecule has 0 N–H and O–H groups in total. The van der Waals surface area contributed by atoms with E-state index in [9.17, 15) is 9.59 Å². The molecule has 3 aromatic carbocycles. The van der Waals surface area contributed by atoms with Gasteiger partial charge in [-0.2, -0.15) is 0 Å². The molecule has 0 radical (unpaired) electrons. The third kappa shape index (κ3) is 2.57. The normalized spacial score (nSPS) is 21.3. The van der Waals surface area contributed by atoms with E-state index in [1.807, 2.05) is 65.7 Å². The van der Waals surface area contributed by atoms with Crippen molar-refractivity contribution in [2.75, 3.05) is 6.54 Å². The molecule has 1 saturated heterocycles. The molecule has 5 rings (SSSR count). The zero-order chi connectivity index (χ0) is 19.1. The van der Waals surface area contributed by atoms with Gasteiger partial charge < -0.3 is 0 Å². The average Bonchev–Trinajstić information content (AvgIpc) is 3.06. The van der Waals surface area contributed by atoms with E-state index in [4.69, 9.17) is 0 Å². The maximum atomic E-state index is 13.6. The Morgan fingerprint density at radius 1 is 0.821 bits per heavy atom. The van der Waals surface area contributed by atoms with E-state index < -0.39 is 5.92 Å². The van der Waals surface area contributed by atoms with E-state index in [1.165, 1.54) is 10.6 Å². The lowest BCUT2D eigenvalue weighted by Crippen LogP contribution is -2.46. The van der Waals surface area contributed by atoms with Gasteiger partial charge in [0.2, 0.25) is 0 Å². The van der Waals surface area contributed by atoms with Crippen molar-refractivity contribution in [3.8, 4) is 0 Å². The number of hydrogen-bond acceptors (Lipinski definition) is 3. The summed E-state index contributed by atoms with van der Waals surface area (Å²) in [5.41, 5.74) is 3.87. The fourth-order valence-corrected chi connectivity index (χ4v) is 4.46. The van der Waals surface area contributed by atoms with Gasteiger partial charge in [-0.25, -0.2) is 10.0 Å². The van der Waals surface area contributed by atoms with Crippen molar-refractivity contribution in [2.45, 2.75) is 18.4 Å². The van der Waals surface area contributed by atoms with Gasteiger partial charge in [-0.1, -0.05) is 72.8 Å². The van der Waals surface area contributed by atoms with Crippen LogP contribution in [-0.4, -0.2) is 28.4 Å². The van der Waals surface area contributed by atoms with Gasteiger partial charge >= 0.3 is 0 Å². The molecule has 2 aliphatic rings. The molecule has 4 heteroatoms. The average molecular weight is 368 g/mol. The highest BCUT2D eigenvalue weighted by Gasteiger charge is 2.52. The predicted octanol–water partition coefficient (Wildman–Crippen LogP) is 3.97. The van der Waals surface area contributed by atoms with Gasteiger partial charge in [-0.05, 0) is 35.2 Å². The second kappa shape index (κ2) is 6.73. The molecular weight excluding hydrogens is 348 g/mol.